The maximum Gasteiger partial charge on any atom is 0.228 e. The van der Waals surface area contributed by atoms with Crippen molar-refractivity contribution < 1.29 is 14.0 Å². The highest BCUT2D eigenvalue weighted by molar-refractivity contribution is 5.95. The van der Waals surface area contributed by atoms with Crippen LogP contribution in [0.5, 0.6) is 0 Å². The molecule has 0 radical (unpaired) electrons. The van der Waals surface area contributed by atoms with Crippen LogP contribution >= 0.6 is 0 Å². The second kappa shape index (κ2) is 7.89. The van der Waals surface area contributed by atoms with Crippen LogP contribution in [0.1, 0.15) is 41.9 Å². The third-order valence-electron chi connectivity index (χ3n) is 5.59. The fraction of sp³-hybridized carbons (Fsp3) is 0.455. The van der Waals surface area contributed by atoms with Crippen LogP contribution in [0.25, 0.3) is 0 Å². The van der Waals surface area contributed by atoms with Crippen LogP contribution < -0.4 is 4.90 Å². The Morgan fingerprint density at radius 1 is 1.21 bits per heavy atom. The average molecular weight is 396 g/mol. The highest BCUT2D eigenvalue weighted by atomic mass is 19.1. The van der Waals surface area contributed by atoms with Crippen molar-refractivity contribution in [3.8, 4) is 0 Å². The topological polar surface area (TPSA) is 66.4 Å². The van der Waals surface area contributed by atoms with Gasteiger partial charge in [0.05, 0.1) is 13.0 Å². The molecule has 0 spiro atoms. The normalized spacial score (nSPS) is 16.0. The summed E-state index contributed by atoms with van der Waals surface area (Å²) in [7, 11) is 1.71. The molecule has 152 valence electrons. The first kappa shape index (κ1) is 19.5. The molecular formula is C22H25FN4O2. The molecule has 1 aromatic carbocycles. The lowest BCUT2D eigenvalue weighted by Gasteiger charge is -2.29. The summed E-state index contributed by atoms with van der Waals surface area (Å²) in [6.07, 6.45) is 3.68. The minimum absolute atomic E-state index is 0.0958. The van der Waals surface area contributed by atoms with Gasteiger partial charge >= 0.3 is 0 Å². The Morgan fingerprint density at radius 2 is 1.93 bits per heavy atom. The second-order valence-corrected chi connectivity index (χ2v) is 8.03. The summed E-state index contributed by atoms with van der Waals surface area (Å²) < 4.78 is 13.0. The zero-order chi connectivity index (χ0) is 20.5. The third-order valence-corrected chi connectivity index (χ3v) is 5.59. The highest BCUT2D eigenvalue weighted by Crippen LogP contribution is 2.35. The fourth-order valence-electron chi connectivity index (χ4n) is 3.67. The lowest BCUT2D eigenvalue weighted by Crippen LogP contribution is -2.38. The average Bonchev–Trinajstić information content (AvgIpc) is 3.50. The van der Waals surface area contributed by atoms with E-state index in [-0.39, 0.29) is 30.6 Å². The first-order valence-electron chi connectivity index (χ1n) is 10.1. The summed E-state index contributed by atoms with van der Waals surface area (Å²) in [4.78, 5) is 37.7. The first-order chi connectivity index (χ1) is 13.9. The third kappa shape index (κ3) is 4.44. The number of halogens is 1. The van der Waals surface area contributed by atoms with Gasteiger partial charge in [-0.2, -0.15) is 0 Å². The lowest BCUT2D eigenvalue weighted by atomic mass is 10.0. The molecular weight excluding hydrogens is 371 g/mol. The van der Waals surface area contributed by atoms with Gasteiger partial charge in [0.2, 0.25) is 11.8 Å². The minimum Gasteiger partial charge on any atom is -0.338 e. The van der Waals surface area contributed by atoms with Gasteiger partial charge in [-0.25, -0.2) is 14.4 Å². The van der Waals surface area contributed by atoms with Gasteiger partial charge in [-0.15, -0.1) is 0 Å². The predicted molar refractivity (Wildman–Crippen MR) is 107 cm³/mol. The Morgan fingerprint density at radius 3 is 2.62 bits per heavy atom. The van der Waals surface area contributed by atoms with E-state index in [0.29, 0.717) is 24.6 Å². The Balaban J connectivity index is 1.50. The lowest BCUT2D eigenvalue weighted by molar-refractivity contribution is -0.129. The summed E-state index contributed by atoms with van der Waals surface area (Å²) in [6, 6.07) is 5.93. The zero-order valence-corrected chi connectivity index (χ0v) is 16.8. The standard InChI is InChI=1S/C22H25FN4O2/c1-14-18-9-10-20(28)27(12-16-3-4-16)22(18)25-19(24-14)13-26(2)21(29)11-15-5-7-17(23)8-6-15/h5-8,16H,3-4,9-13H2,1-2H3. The van der Waals surface area contributed by atoms with Crippen molar-refractivity contribution in [2.24, 2.45) is 5.92 Å². The largest absolute Gasteiger partial charge is 0.338 e. The van der Waals surface area contributed by atoms with E-state index in [4.69, 9.17) is 0 Å². The van der Waals surface area contributed by atoms with E-state index in [2.05, 4.69) is 9.97 Å². The van der Waals surface area contributed by atoms with Gasteiger partial charge in [0.1, 0.15) is 17.5 Å². The number of hydrogen-bond acceptors (Lipinski definition) is 4. The van der Waals surface area contributed by atoms with E-state index < -0.39 is 0 Å². The maximum atomic E-state index is 13.0. The molecule has 1 aromatic heterocycles. The number of aromatic nitrogens is 2. The number of fused-ring (bicyclic) bond motifs is 1. The molecule has 1 aliphatic heterocycles. The van der Waals surface area contributed by atoms with Gasteiger partial charge < -0.3 is 4.90 Å². The van der Waals surface area contributed by atoms with Crippen LogP contribution in [0.4, 0.5) is 10.2 Å². The minimum atomic E-state index is -0.321. The molecule has 29 heavy (non-hydrogen) atoms. The van der Waals surface area contributed by atoms with Crippen molar-refractivity contribution >= 4 is 17.6 Å². The second-order valence-electron chi connectivity index (χ2n) is 8.03. The number of nitrogens with zero attached hydrogens (tertiary/aromatic N) is 4. The zero-order valence-electron chi connectivity index (χ0n) is 16.8. The van der Waals surface area contributed by atoms with Crippen LogP contribution in [-0.2, 0) is 29.0 Å². The Labute approximate surface area is 169 Å². The van der Waals surface area contributed by atoms with E-state index >= 15 is 0 Å². The number of carbonyl (C=O) groups excluding carboxylic acids is 2. The van der Waals surface area contributed by atoms with Crippen molar-refractivity contribution in [2.45, 2.75) is 45.6 Å². The number of rotatable bonds is 6. The summed E-state index contributed by atoms with van der Waals surface area (Å²) in [5, 5.41) is 0. The SMILES string of the molecule is Cc1nc(CN(C)C(=O)Cc2ccc(F)cc2)nc2c1CCC(=O)N2CC1CC1. The Kier molecular flexibility index (Phi) is 5.30. The van der Waals surface area contributed by atoms with E-state index in [1.54, 1.807) is 24.1 Å². The van der Waals surface area contributed by atoms with Crippen LogP contribution in [-0.4, -0.2) is 40.3 Å². The molecule has 2 heterocycles. The predicted octanol–water partition coefficient (Wildman–Crippen LogP) is 2.81. The maximum absolute atomic E-state index is 13.0. The molecule has 0 unspecified atom stereocenters. The van der Waals surface area contributed by atoms with E-state index in [0.717, 1.165) is 42.0 Å². The van der Waals surface area contributed by atoms with Gasteiger partial charge in [-0.3, -0.25) is 14.5 Å². The smallest absolute Gasteiger partial charge is 0.228 e. The number of benzene rings is 1. The van der Waals surface area contributed by atoms with Gasteiger partial charge in [-0.05, 0) is 49.8 Å². The number of aryl methyl sites for hydroxylation is 1. The number of carbonyl (C=O) groups is 2. The van der Waals surface area contributed by atoms with Crippen LogP contribution in [0.2, 0.25) is 0 Å². The van der Waals surface area contributed by atoms with Crippen LogP contribution in [0.15, 0.2) is 24.3 Å². The molecule has 0 saturated heterocycles. The van der Waals surface area contributed by atoms with Crippen molar-refractivity contribution in [3.05, 3.63) is 52.7 Å². The van der Waals surface area contributed by atoms with Gasteiger partial charge in [0.15, 0.2) is 0 Å². The van der Waals surface area contributed by atoms with Crippen LogP contribution in [0.3, 0.4) is 0 Å². The first-order valence-corrected chi connectivity index (χ1v) is 10.1. The Hall–Kier alpha value is -2.83. The van der Waals surface area contributed by atoms with Gasteiger partial charge in [0.25, 0.3) is 0 Å². The Bertz CT molecular complexity index is 941. The quantitative estimate of drug-likeness (QED) is 0.753. The van der Waals surface area contributed by atoms with Crippen molar-refractivity contribution in [2.75, 3.05) is 18.5 Å². The highest BCUT2D eigenvalue weighted by Gasteiger charge is 2.33. The number of amides is 2. The van der Waals surface area contributed by atoms with Crippen molar-refractivity contribution in [1.29, 1.82) is 0 Å². The summed E-state index contributed by atoms with van der Waals surface area (Å²) >= 11 is 0. The van der Waals surface area contributed by atoms with Crippen molar-refractivity contribution in [3.63, 3.8) is 0 Å². The summed E-state index contributed by atoms with van der Waals surface area (Å²) in [6.45, 7) is 2.93. The van der Waals surface area contributed by atoms with Gasteiger partial charge in [0, 0.05) is 31.3 Å². The van der Waals surface area contributed by atoms with E-state index in [1.165, 1.54) is 12.1 Å². The molecule has 2 aromatic rings. The molecule has 2 amide bonds. The molecule has 2 aliphatic rings. The molecule has 0 bridgehead atoms. The monoisotopic (exact) mass is 396 g/mol. The molecule has 0 N–H and O–H groups in total. The molecule has 6 nitrogen and oxygen atoms in total. The number of anilines is 1. The molecule has 1 aliphatic carbocycles. The molecule has 4 rings (SSSR count). The summed E-state index contributed by atoms with van der Waals surface area (Å²) in [5.74, 6) is 1.53. The summed E-state index contributed by atoms with van der Waals surface area (Å²) in [5.41, 5.74) is 2.67. The number of hydrogen-bond donors (Lipinski definition) is 0. The fourth-order valence-corrected chi connectivity index (χ4v) is 3.67. The molecule has 0 atom stereocenters. The van der Waals surface area contributed by atoms with E-state index in [1.807, 2.05) is 11.8 Å². The molecule has 1 fully saturated rings. The van der Waals surface area contributed by atoms with Gasteiger partial charge in [-0.1, -0.05) is 12.1 Å². The molecule has 7 heteroatoms. The molecule has 1 saturated carbocycles. The van der Waals surface area contributed by atoms with E-state index in [9.17, 15) is 14.0 Å². The van der Waals surface area contributed by atoms with Crippen molar-refractivity contribution in [1.82, 2.24) is 14.9 Å². The van der Waals surface area contributed by atoms with Crippen LogP contribution in [0, 0.1) is 18.7 Å². The number of likely N-dealkylation sites (N-methyl/N-ethyl adjacent to an activating group) is 1.